The maximum absolute atomic E-state index is 6.19. The summed E-state index contributed by atoms with van der Waals surface area (Å²) in [6, 6.07) is 7.93. The van der Waals surface area contributed by atoms with E-state index < -0.39 is 0 Å². The van der Waals surface area contributed by atoms with Crippen LogP contribution in [0, 0.1) is 0 Å². The van der Waals surface area contributed by atoms with Crippen LogP contribution in [0.5, 0.6) is 5.75 Å². The van der Waals surface area contributed by atoms with Crippen LogP contribution in [0.25, 0.3) is 0 Å². The number of benzene rings is 1. The third-order valence-corrected chi connectivity index (χ3v) is 4.86. The van der Waals surface area contributed by atoms with Crippen LogP contribution in [0.15, 0.2) is 22.7 Å². The number of methoxy groups -OCH3 is 1. The van der Waals surface area contributed by atoms with Crippen molar-refractivity contribution in [3.05, 3.63) is 22.7 Å². The van der Waals surface area contributed by atoms with Gasteiger partial charge >= 0.3 is 0 Å². The highest BCUT2D eigenvalue weighted by Gasteiger charge is 2.37. The SMILES string of the molecule is COc1cc(Br)cc(N2C3CCCC2CC(N)C3)c1. The van der Waals surface area contributed by atoms with E-state index >= 15 is 0 Å². The first-order valence-corrected chi connectivity index (χ1v) is 7.85. The van der Waals surface area contributed by atoms with Gasteiger partial charge in [0.15, 0.2) is 0 Å². The normalized spacial score (nSPS) is 30.3. The first kappa shape index (κ1) is 13.3. The fraction of sp³-hybridized carbons (Fsp3) is 0.600. The predicted molar refractivity (Wildman–Crippen MR) is 81.8 cm³/mol. The molecule has 1 aromatic carbocycles. The van der Waals surface area contributed by atoms with Crippen LogP contribution in [-0.2, 0) is 0 Å². The summed E-state index contributed by atoms with van der Waals surface area (Å²) in [6.07, 6.45) is 6.10. The summed E-state index contributed by atoms with van der Waals surface area (Å²) in [4.78, 5) is 2.58. The van der Waals surface area contributed by atoms with Gasteiger partial charge in [-0.1, -0.05) is 15.9 Å². The van der Waals surface area contributed by atoms with E-state index in [0.717, 1.165) is 23.1 Å². The summed E-state index contributed by atoms with van der Waals surface area (Å²) in [5.74, 6) is 0.914. The largest absolute Gasteiger partial charge is 0.497 e. The van der Waals surface area contributed by atoms with Gasteiger partial charge in [0.05, 0.1) is 7.11 Å². The number of piperidine rings is 2. The van der Waals surface area contributed by atoms with E-state index in [1.807, 2.05) is 6.07 Å². The van der Waals surface area contributed by atoms with E-state index in [1.165, 1.54) is 24.9 Å². The van der Waals surface area contributed by atoms with Gasteiger partial charge in [-0.2, -0.15) is 0 Å². The van der Waals surface area contributed by atoms with Gasteiger partial charge in [0.2, 0.25) is 0 Å². The Hall–Kier alpha value is -0.740. The second-order valence-corrected chi connectivity index (χ2v) is 6.64. The first-order chi connectivity index (χ1) is 9.17. The molecule has 2 atom stereocenters. The maximum Gasteiger partial charge on any atom is 0.122 e. The van der Waals surface area contributed by atoms with Gasteiger partial charge in [-0.25, -0.2) is 0 Å². The predicted octanol–water partition coefficient (Wildman–Crippen LogP) is 3.31. The van der Waals surface area contributed by atoms with Crippen molar-refractivity contribution in [3.8, 4) is 5.75 Å². The smallest absolute Gasteiger partial charge is 0.122 e. The maximum atomic E-state index is 6.19. The lowest BCUT2D eigenvalue weighted by Gasteiger charge is -2.49. The van der Waals surface area contributed by atoms with Crippen molar-refractivity contribution in [2.45, 2.75) is 50.2 Å². The molecule has 2 unspecified atom stereocenters. The highest BCUT2D eigenvalue weighted by molar-refractivity contribution is 9.10. The number of ether oxygens (including phenoxy) is 1. The highest BCUT2D eigenvalue weighted by atomic mass is 79.9. The lowest BCUT2D eigenvalue weighted by molar-refractivity contribution is 0.271. The molecule has 3 nitrogen and oxygen atoms in total. The fourth-order valence-corrected chi connectivity index (χ4v) is 4.12. The molecule has 0 aliphatic carbocycles. The zero-order valence-corrected chi connectivity index (χ0v) is 12.9. The topological polar surface area (TPSA) is 38.5 Å². The van der Waals surface area contributed by atoms with Crippen molar-refractivity contribution in [2.24, 2.45) is 5.73 Å². The second kappa shape index (κ2) is 5.33. The van der Waals surface area contributed by atoms with E-state index in [9.17, 15) is 0 Å². The quantitative estimate of drug-likeness (QED) is 0.907. The molecule has 2 fully saturated rings. The molecule has 2 N–H and O–H groups in total. The summed E-state index contributed by atoms with van der Waals surface area (Å²) in [5.41, 5.74) is 7.46. The van der Waals surface area contributed by atoms with Crippen LogP contribution >= 0.6 is 15.9 Å². The molecule has 0 spiro atoms. The summed E-state index contributed by atoms with van der Waals surface area (Å²) < 4.78 is 6.47. The number of hydrogen-bond donors (Lipinski definition) is 1. The number of rotatable bonds is 2. The number of nitrogens with zero attached hydrogens (tertiary/aromatic N) is 1. The molecule has 0 amide bonds. The van der Waals surface area contributed by atoms with Gasteiger partial charge < -0.3 is 15.4 Å². The Kier molecular flexibility index (Phi) is 3.72. The summed E-state index contributed by atoms with van der Waals surface area (Å²) >= 11 is 3.58. The summed E-state index contributed by atoms with van der Waals surface area (Å²) in [5, 5.41) is 0. The molecule has 104 valence electrons. The minimum Gasteiger partial charge on any atom is -0.497 e. The molecule has 2 aliphatic heterocycles. The van der Waals surface area contributed by atoms with E-state index in [1.54, 1.807) is 7.11 Å². The van der Waals surface area contributed by atoms with Crippen molar-refractivity contribution < 1.29 is 4.74 Å². The Bertz CT molecular complexity index is 451. The Balaban J connectivity index is 1.94. The molecule has 2 bridgehead atoms. The van der Waals surface area contributed by atoms with Gasteiger partial charge in [0, 0.05) is 34.4 Å². The van der Waals surface area contributed by atoms with E-state index in [4.69, 9.17) is 10.5 Å². The number of nitrogens with two attached hydrogens (primary N) is 1. The average Bonchev–Trinajstić information content (AvgIpc) is 2.36. The number of halogens is 1. The molecule has 2 heterocycles. The van der Waals surface area contributed by atoms with E-state index in [2.05, 4.69) is 33.0 Å². The minimum atomic E-state index is 0.376. The van der Waals surface area contributed by atoms with Crippen molar-refractivity contribution in [3.63, 3.8) is 0 Å². The van der Waals surface area contributed by atoms with E-state index in [-0.39, 0.29) is 0 Å². The molecule has 4 heteroatoms. The lowest BCUT2D eigenvalue weighted by Crippen LogP contribution is -2.55. The zero-order valence-electron chi connectivity index (χ0n) is 11.3. The highest BCUT2D eigenvalue weighted by Crippen LogP contribution is 2.39. The second-order valence-electron chi connectivity index (χ2n) is 5.73. The Morgan fingerprint density at radius 3 is 2.53 bits per heavy atom. The molecule has 0 aromatic heterocycles. The zero-order chi connectivity index (χ0) is 13.4. The van der Waals surface area contributed by atoms with Gasteiger partial charge in [0.25, 0.3) is 0 Å². The Labute approximate surface area is 123 Å². The summed E-state index contributed by atoms with van der Waals surface area (Å²) in [6.45, 7) is 0. The number of anilines is 1. The lowest BCUT2D eigenvalue weighted by atomic mass is 9.81. The van der Waals surface area contributed by atoms with Crippen LogP contribution in [0.3, 0.4) is 0 Å². The fourth-order valence-electron chi connectivity index (χ4n) is 3.66. The van der Waals surface area contributed by atoms with E-state index in [0.29, 0.717) is 18.1 Å². The van der Waals surface area contributed by atoms with Crippen molar-refractivity contribution in [2.75, 3.05) is 12.0 Å². The molecule has 19 heavy (non-hydrogen) atoms. The summed E-state index contributed by atoms with van der Waals surface area (Å²) in [7, 11) is 1.72. The molecular weight excluding hydrogens is 304 g/mol. The Morgan fingerprint density at radius 2 is 1.89 bits per heavy atom. The van der Waals surface area contributed by atoms with Gasteiger partial charge in [-0.15, -0.1) is 0 Å². The first-order valence-electron chi connectivity index (χ1n) is 7.06. The van der Waals surface area contributed by atoms with Crippen LogP contribution < -0.4 is 15.4 Å². The van der Waals surface area contributed by atoms with Gasteiger partial charge in [-0.05, 0) is 44.2 Å². The molecule has 0 saturated carbocycles. The molecule has 2 saturated heterocycles. The van der Waals surface area contributed by atoms with Crippen molar-refractivity contribution in [1.29, 1.82) is 0 Å². The molecule has 2 aliphatic rings. The Morgan fingerprint density at radius 1 is 1.21 bits per heavy atom. The van der Waals surface area contributed by atoms with Crippen molar-refractivity contribution >= 4 is 21.6 Å². The standard InChI is InChI=1S/C15H21BrN2O/c1-19-15-6-10(16)5-14(9-15)18-12-3-2-4-13(18)8-11(17)7-12/h5-6,9,11-13H,2-4,7-8,17H2,1H3. The van der Waals surface area contributed by atoms with Gasteiger partial charge in [0.1, 0.15) is 5.75 Å². The van der Waals surface area contributed by atoms with Gasteiger partial charge in [-0.3, -0.25) is 0 Å². The molecule has 3 rings (SSSR count). The third-order valence-electron chi connectivity index (χ3n) is 4.40. The van der Waals surface area contributed by atoms with Crippen LogP contribution in [-0.4, -0.2) is 25.2 Å². The molecule has 1 aromatic rings. The van der Waals surface area contributed by atoms with Crippen LogP contribution in [0.1, 0.15) is 32.1 Å². The molecular formula is C15H21BrN2O. The number of hydrogen-bond acceptors (Lipinski definition) is 3. The van der Waals surface area contributed by atoms with Crippen LogP contribution in [0.4, 0.5) is 5.69 Å². The van der Waals surface area contributed by atoms with Crippen LogP contribution in [0.2, 0.25) is 0 Å². The third kappa shape index (κ3) is 2.61. The average molecular weight is 325 g/mol. The molecule has 0 radical (unpaired) electrons. The monoisotopic (exact) mass is 324 g/mol. The number of fused-ring (bicyclic) bond motifs is 2. The van der Waals surface area contributed by atoms with Crippen molar-refractivity contribution in [1.82, 2.24) is 0 Å². The minimum absolute atomic E-state index is 0.376.